The van der Waals surface area contributed by atoms with Gasteiger partial charge in [0.2, 0.25) is 0 Å². The molecule has 0 bridgehead atoms. The van der Waals surface area contributed by atoms with E-state index >= 15 is 0 Å². The molecule has 0 aromatic heterocycles. The molecule has 1 atom stereocenters. The molecule has 1 fully saturated rings. The number of benzene rings is 2. The van der Waals surface area contributed by atoms with Crippen molar-refractivity contribution >= 4 is 23.3 Å². The molecule has 1 N–H and O–H groups in total. The molecule has 150 valence electrons. The molecule has 0 amide bonds. The Morgan fingerprint density at radius 2 is 1.93 bits per heavy atom. The lowest BCUT2D eigenvalue weighted by atomic mass is 9.96. The van der Waals surface area contributed by atoms with Gasteiger partial charge >= 0.3 is 5.97 Å². The number of anilines is 1. The molecule has 1 unspecified atom stereocenters. The van der Waals surface area contributed by atoms with Gasteiger partial charge in [-0.3, -0.25) is 9.69 Å². The highest BCUT2D eigenvalue weighted by molar-refractivity contribution is 6.31. The van der Waals surface area contributed by atoms with Gasteiger partial charge in [-0.25, -0.2) is 0 Å². The van der Waals surface area contributed by atoms with Crippen molar-refractivity contribution < 1.29 is 9.90 Å². The van der Waals surface area contributed by atoms with Crippen LogP contribution >= 0.6 is 11.6 Å². The number of aryl methyl sites for hydroxylation is 2. The van der Waals surface area contributed by atoms with Crippen LogP contribution in [0, 0.1) is 19.8 Å². The van der Waals surface area contributed by atoms with Crippen LogP contribution in [0.4, 0.5) is 5.69 Å². The van der Waals surface area contributed by atoms with E-state index in [0.29, 0.717) is 13.1 Å². The van der Waals surface area contributed by atoms with Gasteiger partial charge in [0.15, 0.2) is 0 Å². The van der Waals surface area contributed by atoms with Crippen LogP contribution in [0.1, 0.15) is 42.1 Å². The van der Waals surface area contributed by atoms with E-state index < -0.39 is 5.97 Å². The van der Waals surface area contributed by atoms with Crippen molar-refractivity contribution in [3.05, 3.63) is 63.7 Å². The third kappa shape index (κ3) is 4.34. The summed E-state index contributed by atoms with van der Waals surface area (Å²) < 4.78 is 0. The standard InChI is InChI=1S/C23H29ClN2O2/c1-5-26(21-8-9-22(24)16(3)10-21)17(4)18-7-6-15(2)19(11-18)12-25-13-20(14-25)23(27)28/h6-11,17,20H,5,12-14H2,1-4H3,(H,27,28). The van der Waals surface area contributed by atoms with Crippen LogP contribution in [0.15, 0.2) is 36.4 Å². The first kappa shape index (κ1) is 20.7. The topological polar surface area (TPSA) is 43.8 Å². The molecule has 0 saturated carbocycles. The van der Waals surface area contributed by atoms with E-state index in [1.165, 1.54) is 22.4 Å². The normalized spacial score (nSPS) is 15.9. The van der Waals surface area contributed by atoms with Crippen molar-refractivity contribution in [2.75, 3.05) is 24.5 Å². The lowest BCUT2D eigenvalue weighted by Crippen LogP contribution is -2.49. The van der Waals surface area contributed by atoms with Crippen LogP contribution in [-0.4, -0.2) is 35.6 Å². The molecule has 5 heteroatoms. The van der Waals surface area contributed by atoms with E-state index in [2.05, 4.69) is 60.9 Å². The van der Waals surface area contributed by atoms with Gasteiger partial charge in [0.25, 0.3) is 0 Å². The van der Waals surface area contributed by atoms with Crippen molar-refractivity contribution in [1.82, 2.24) is 4.90 Å². The van der Waals surface area contributed by atoms with Crippen LogP contribution in [0.25, 0.3) is 0 Å². The predicted molar refractivity (Wildman–Crippen MR) is 115 cm³/mol. The Bertz CT molecular complexity index is 862. The molecule has 2 aromatic carbocycles. The van der Waals surface area contributed by atoms with Crippen LogP contribution < -0.4 is 4.90 Å². The summed E-state index contributed by atoms with van der Waals surface area (Å²) in [5.74, 6) is -0.904. The lowest BCUT2D eigenvalue weighted by molar-refractivity contribution is -0.147. The third-order valence-corrected chi connectivity index (χ3v) is 6.26. The van der Waals surface area contributed by atoms with E-state index in [-0.39, 0.29) is 12.0 Å². The summed E-state index contributed by atoms with van der Waals surface area (Å²) in [6, 6.07) is 13.1. The second kappa shape index (κ2) is 8.54. The number of hydrogen-bond donors (Lipinski definition) is 1. The number of halogens is 1. The number of hydrogen-bond acceptors (Lipinski definition) is 3. The zero-order valence-corrected chi connectivity index (χ0v) is 17.8. The summed E-state index contributed by atoms with van der Waals surface area (Å²) in [5, 5.41) is 9.87. The fourth-order valence-electron chi connectivity index (χ4n) is 3.89. The molecule has 0 spiro atoms. The Hall–Kier alpha value is -2.04. The molecule has 28 heavy (non-hydrogen) atoms. The van der Waals surface area contributed by atoms with Crippen molar-refractivity contribution in [3.63, 3.8) is 0 Å². The lowest BCUT2D eigenvalue weighted by Gasteiger charge is -2.37. The zero-order valence-electron chi connectivity index (χ0n) is 17.1. The Balaban J connectivity index is 1.78. The number of aliphatic carboxylic acids is 1. The summed E-state index contributed by atoms with van der Waals surface area (Å²) in [5.41, 5.74) is 6.05. The summed E-state index contributed by atoms with van der Waals surface area (Å²) in [4.78, 5) is 15.6. The van der Waals surface area contributed by atoms with E-state index in [0.717, 1.165) is 23.7 Å². The van der Waals surface area contributed by atoms with Crippen molar-refractivity contribution in [2.45, 2.75) is 40.3 Å². The minimum absolute atomic E-state index is 0.217. The maximum atomic E-state index is 11.0. The molecule has 0 radical (unpaired) electrons. The molecular formula is C23H29ClN2O2. The van der Waals surface area contributed by atoms with Crippen LogP contribution in [0.5, 0.6) is 0 Å². The highest BCUT2D eigenvalue weighted by atomic mass is 35.5. The van der Waals surface area contributed by atoms with E-state index in [4.69, 9.17) is 16.7 Å². The maximum absolute atomic E-state index is 11.0. The van der Waals surface area contributed by atoms with Crippen molar-refractivity contribution in [1.29, 1.82) is 0 Å². The highest BCUT2D eigenvalue weighted by Gasteiger charge is 2.32. The zero-order chi connectivity index (χ0) is 20.4. The average molecular weight is 401 g/mol. The largest absolute Gasteiger partial charge is 0.481 e. The van der Waals surface area contributed by atoms with Gasteiger partial charge in [0.05, 0.1) is 12.0 Å². The molecule has 1 saturated heterocycles. The second-order valence-electron chi connectivity index (χ2n) is 7.81. The fourth-order valence-corrected chi connectivity index (χ4v) is 4.00. The van der Waals surface area contributed by atoms with Crippen molar-refractivity contribution in [3.8, 4) is 0 Å². The summed E-state index contributed by atoms with van der Waals surface area (Å²) in [7, 11) is 0. The third-order valence-electron chi connectivity index (χ3n) is 5.84. The number of carboxylic acid groups (broad SMARTS) is 1. The molecule has 1 aliphatic rings. The molecule has 3 rings (SSSR count). The Morgan fingerprint density at radius 1 is 1.21 bits per heavy atom. The van der Waals surface area contributed by atoms with Gasteiger partial charge in [-0.2, -0.15) is 0 Å². The number of nitrogens with zero attached hydrogens (tertiary/aromatic N) is 2. The minimum Gasteiger partial charge on any atom is -0.481 e. The van der Waals surface area contributed by atoms with Gasteiger partial charge in [0.1, 0.15) is 0 Å². The monoisotopic (exact) mass is 400 g/mol. The summed E-state index contributed by atoms with van der Waals surface area (Å²) >= 11 is 6.20. The van der Waals surface area contributed by atoms with Crippen molar-refractivity contribution in [2.24, 2.45) is 5.92 Å². The minimum atomic E-state index is -0.688. The summed E-state index contributed by atoms with van der Waals surface area (Å²) in [6.07, 6.45) is 0. The van der Waals surface area contributed by atoms with E-state index in [9.17, 15) is 4.79 Å². The Morgan fingerprint density at radius 3 is 2.54 bits per heavy atom. The summed E-state index contributed by atoms with van der Waals surface area (Å²) in [6.45, 7) is 11.5. The van der Waals surface area contributed by atoms with Crippen LogP contribution in [-0.2, 0) is 11.3 Å². The number of carbonyl (C=O) groups is 1. The van der Waals surface area contributed by atoms with E-state index in [1.54, 1.807) is 0 Å². The number of rotatable bonds is 7. The molecule has 2 aromatic rings. The quantitative estimate of drug-likeness (QED) is 0.705. The Kier molecular flexibility index (Phi) is 6.31. The van der Waals surface area contributed by atoms with E-state index in [1.807, 2.05) is 13.0 Å². The highest BCUT2D eigenvalue weighted by Crippen LogP contribution is 2.31. The average Bonchev–Trinajstić information content (AvgIpc) is 2.62. The first-order valence-corrected chi connectivity index (χ1v) is 10.2. The maximum Gasteiger partial charge on any atom is 0.309 e. The van der Waals surface area contributed by atoms with Gasteiger partial charge in [0, 0.05) is 36.9 Å². The van der Waals surface area contributed by atoms with Crippen LogP contribution in [0.2, 0.25) is 5.02 Å². The first-order valence-electron chi connectivity index (χ1n) is 9.87. The van der Waals surface area contributed by atoms with Gasteiger partial charge in [-0.15, -0.1) is 0 Å². The molecular weight excluding hydrogens is 372 g/mol. The second-order valence-corrected chi connectivity index (χ2v) is 8.22. The molecule has 1 heterocycles. The van der Waals surface area contributed by atoms with Gasteiger partial charge in [-0.1, -0.05) is 29.8 Å². The Labute approximate surface area is 172 Å². The van der Waals surface area contributed by atoms with Gasteiger partial charge in [-0.05, 0) is 68.1 Å². The van der Waals surface area contributed by atoms with Crippen LogP contribution in [0.3, 0.4) is 0 Å². The first-order chi connectivity index (χ1) is 13.3. The smallest absolute Gasteiger partial charge is 0.309 e. The molecule has 1 aliphatic heterocycles. The molecule has 0 aliphatic carbocycles. The van der Waals surface area contributed by atoms with Gasteiger partial charge < -0.3 is 10.0 Å². The predicted octanol–water partition coefficient (Wildman–Crippen LogP) is 5.06. The number of likely N-dealkylation sites (tertiary alicyclic amines) is 1. The SMILES string of the molecule is CCN(c1ccc(Cl)c(C)c1)C(C)c1ccc(C)c(CN2CC(C(=O)O)C2)c1. The number of carboxylic acids is 1. The molecule has 4 nitrogen and oxygen atoms in total. The fraction of sp³-hybridized carbons (Fsp3) is 0.435.